The number of rotatable bonds is 6. The van der Waals surface area contributed by atoms with Gasteiger partial charge in [0.05, 0.1) is 5.41 Å². The van der Waals surface area contributed by atoms with E-state index in [4.69, 9.17) is 5.11 Å². The Morgan fingerprint density at radius 1 is 1.35 bits per heavy atom. The third-order valence-electron chi connectivity index (χ3n) is 3.14. The molecule has 0 heterocycles. The van der Waals surface area contributed by atoms with Crippen molar-refractivity contribution in [3.63, 3.8) is 0 Å². The number of benzene rings is 1. The number of carboxylic acid groups (broad SMARTS) is 1. The van der Waals surface area contributed by atoms with Gasteiger partial charge < -0.3 is 15.7 Å². The summed E-state index contributed by atoms with van der Waals surface area (Å²) in [4.78, 5) is 22.1. The molecule has 1 rings (SSSR count). The summed E-state index contributed by atoms with van der Waals surface area (Å²) in [6.45, 7) is 7.16. The smallest absolute Gasteiger partial charge is 0.310 e. The molecular weight excluding hydrogens is 256 g/mol. The van der Waals surface area contributed by atoms with E-state index in [0.29, 0.717) is 6.54 Å². The van der Waals surface area contributed by atoms with Crippen LogP contribution in [0.5, 0.6) is 0 Å². The molecule has 0 aliphatic rings. The normalized spacial score (nSPS) is 12.8. The van der Waals surface area contributed by atoms with E-state index < -0.39 is 11.4 Å². The Hall–Kier alpha value is -1.88. The van der Waals surface area contributed by atoms with Crippen LogP contribution in [0.15, 0.2) is 24.3 Å². The van der Waals surface area contributed by atoms with Gasteiger partial charge in [-0.2, -0.15) is 0 Å². The molecule has 1 unspecified atom stereocenters. The summed E-state index contributed by atoms with van der Waals surface area (Å²) in [7, 11) is 0. The lowest BCUT2D eigenvalue weighted by Gasteiger charge is -2.23. The van der Waals surface area contributed by atoms with Gasteiger partial charge in [-0.1, -0.05) is 12.1 Å². The standard InChI is InChI=1S/C15H22N2O3/c1-10(16-9-15(3,4)14(19)20)12-6-5-7-13(8-12)17-11(2)18/h5-8,10,16H,9H2,1-4H3,(H,17,18)(H,19,20). The van der Waals surface area contributed by atoms with Crippen molar-refractivity contribution in [2.24, 2.45) is 5.41 Å². The molecule has 0 saturated carbocycles. The number of carbonyl (C=O) groups excluding carboxylic acids is 1. The highest BCUT2D eigenvalue weighted by Crippen LogP contribution is 2.20. The van der Waals surface area contributed by atoms with Gasteiger partial charge >= 0.3 is 5.97 Å². The lowest BCUT2D eigenvalue weighted by molar-refractivity contribution is -0.146. The van der Waals surface area contributed by atoms with Crippen molar-refractivity contribution >= 4 is 17.6 Å². The van der Waals surface area contributed by atoms with Crippen molar-refractivity contribution in [1.82, 2.24) is 5.32 Å². The number of hydrogen-bond acceptors (Lipinski definition) is 3. The summed E-state index contributed by atoms with van der Waals surface area (Å²) in [6.07, 6.45) is 0. The first-order chi connectivity index (χ1) is 9.22. The maximum atomic E-state index is 11.1. The Morgan fingerprint density at radius 3 is 2.55 bits per heavy atom. The van der Waals surface area contributed by atoms with E-state index in [-0.39, 0.29) is 11.9 Å². The van der Waals surface area contributed by atoms with Gasteiger partial charge in [-0.05, 0) is 38.5 Å². The highest BCUT2D eigenvalue weighted by atomic mass is 16.4. The zero-order valence-corrected chi connectivity index (χ0v) is 12.4. The molecule has 0 aliphatic carbocycles. The molecular formula is C15H22N2O3. The van der Waals surface area contributed by atoms with Gasteiger partial charge in [-0.3, -0.25) is 9.59 Å². The maximum absolute atomic E-state index is 11.1. The molecule has 0 fully saturated rings. The molecule has 0 aromatic heterocycles. The first-order valence-electron chi connectivity index (χ1n) is 6.57. The molecule has 0 saturated heterocycles. The van der Waals surface area contributed by atoms with E-state index in [1.54, 1.807) is 13.8 Å². The summed E-state index contributed by atoms with van der Waals surface area (Å²) in [5.41, 5.74) is 0.919. The van der Waals surface area contributed by atoms with E-state index >= 15 is 0 Å². The lowest BCUT2D eigenvalue weighted by Crippen LogP contribution is -2.37. The van der Waals surface area contributed by atoms with Crippen LogP contribution in [0, 0.1) is 5.41 Å². The zero-order chi connectivity index (χ0) is 15.3. The largest absolute Gasteiger partial charge is 0.481 e. The summed E-state index contributed by atoms with van der Waals surface area (Å²) in [6, 6.07) is 7.51. The van der Waals surface area contributed by atoms with E-state index in [9.17, 15) is 9.59 Å². The van der Waals surface area contributed by atoms with Crippen molar-refractivity contribution in [1.29, 1.82) is 0 Å². The average molecular weight is 278 g/mol. The first-order valence-corrected chi connectivity index (χ1v) is 6.57. The third kappa shape index (κ3) is 4.66. The lowest BCUT2D eigenvalue weighted by atomic mass is 9.93. The Labute approximate surface area is 119 Å². The van der Waals surface area contributed by atoms with Gasteiger partial charge in [0.1, 0.15) is 0 Å². The molecule has 110 valence electrons. The van der Waals surface area contributed by atoms with Gasteiger partial charge in [-0.25, -0.2) is 0 Å². The van der Waals surface area contributed by atoms with Crippen molar-refractivity contribution < 1.29 is 14.7 Å². The van der Waals surface area contributed by atoms with Gasteiger partial charge in [-0.15, -0.1) is 0 Å². The average Bonchev–Trinajstić information content (AvgIpc) is 2.35. The third-order valence-corrected chi connectivity index (χ3v) is 3.14. The van der Waals surface area contributed by atoms with Crippen LogP contribution in [-0.4, -0.2) is 23.5 Å². The Bertz CT molecular complexity index is 498. The predicted molar refractivity (Wildman–Crippen MR) is 78.6 cm³/mol. The molecule has 0 aliphatic heterocycles. The molecule has 5 nitrogen and oxygen atoms in total. The monoisotopic (exact) mass is 278 g/mol. The zero-order valence-electron chi connectivity index (χ0n) is 12.4. The van der Waals surface area contributed by atoms with Crippen LogP contribution in [0.4, 0.5) is 5.69 Å². The van der Waals surface area contributed by atoms with Crippen molar-refractivity contribution in [2.45, 2.75) is 33.7 Å². The van der Waals surface area contributed by atoms with E-state index in [0.717, 1.165) is 11.3 Å². The number of carbonyl (C=O) groups is 2. The van der Waals surface area contributed by atoms with Gasteiger partial charge in [0.2, 0.25) is 5.91 Å². The molecule has 1 atom stereocenters. The SMILES string of the molecule is CC(=O)Nc1cccc(C(C)NCC(C)(C)C(=O)O)c1. The van der Waals surface area contributed by atoms with Gasteiger partial charge in [0, 0.05) is 25.2 Å². The number of hydrogen-bond donors (Lipinski definition) is 3. The molecule has 0 bridgehead atoms. The number of amides is 1. The maximum Gasteiger partial charge on any atom is 0.310 e. The summed E-state index contributed by atoms with van der Waals surface area (Å²) < 4.78 is 0. The van der Waals surface area contributed by atoms with Crippen LogP contribution in [0.2, 0.25) is 0 Å². The van der Waals surface area contributed by atoms with E-state index in [1.807, 2.05) is 31.2 Å². The van der Waals surface area contributed by atoms with E-state index in [2.05, 4.69) is 10.6 Å². The Kier molecular flexibility index (Phi) is 5.27. The quantitative estimate of drug-likeness (QED) is 0.746. The number of aliphatic carboxylic acids is 1. The molecule has 0 spiro atoms. The summed E-state index contributed by atoms with van der Waals surface area (Å²) in [5.74, 6) is -0.945. The topological polar surface area (TPSA) is 78.4 Å². The molecule has 1 aromatic rings. The van der Waals surface area contributed by atoms with E-state index in [1.165, 1.54) is 6.92 Å². The first kappa shape index (κ1) is 16.2. The van der Waals surface area contributed by atoms with Gasteiger partial charge in [0.15, 0.2) is 0 Å². The highest BCUT2D eigenvalue weighted by Gasteiger charge is 2.27. The second-order valence-electron chi connectivity index (χ2n) is 5.60. The molecule has 3 N–H and O–H groups in total. The van der Waals surface area contributed by atoms with Crippen LogP contribution in [0.25, 0.3) is 0 Å². The predicted octanol–water partition coefficient (Wildman–Crippen LogP) is 2.41. The minimum Gasteiger partial charge on any atom is -0.481 e. The van der Waals surface area contributed by atoms with Crippen molar-refractivity contribution in [3.05, 3.63) is 29.8 Å². The second-order valence-corrected chi connectivity index (χ2v) is 5.60. The summed E-state index contributed by atoms with van der Waals surface area (Å²) in [5, 5.41) is 15.0. The molecule has 5 heteroatoms. The second kappa shape index (κ2) is 6.52. The number of nitrogens with one attached hydrogen (secondary N) is 2. The van der Waals surface area contributed by atoms with Crippen LogP contribution in [-0.2, 0) is 9.59 Å². The van der Waals surface area contributed by atoms with Crippen LogP contribution >= 0.6 is 0 Å². The Morgan fingerprint density at radius 2 is 2.00 bits per heavy atom. The van der Waals surface area contributed by atoms with Gasteiger partial charge in [0.25, 0.3) is 0 Å². The molecule has 20 heavy (non-hydrogen) atoms. The minimum atomic E-state index is -0.829. The molecule has 1 amide bonds. The minimum absolute atomic E-state index is 0.00216. The molecule has 0 radical (unpaired) electrons. The Balaban J connectivity index is 2.70. The van der Waals surface area contributed by atoms with Crippen LogP contribution in [0.1, 0.15) is 39.3 Å². The molecule has 1 aromatic carbocycles. The fourth-order valence-electron chi connectivity index (χ4n) is 1.69. The van der Waals surface area contributed by atoms with Crippen molar-refractivity contribution in [2.75, 3.05) is 11.9 Å². The fourth-order valence-corrected chi connectivity index (χ4v) is 1.69. The number of carboxylic acids is 1. The number of anilines is 1. The van der Waals surface area contributed by atoms with Crippen LogP contribution < -0.4 is 10.6 Å². The van der Waals surface area contributed by atoms with Crippen LogP contribution in [0.3, 0.4) is 0 Å². The highest BCUT2D eigenvalue weighted by molar-refractivity contribution is 5.88. The van der Waals surface area contributed by atoms with Crippen molar-refractivity contribution in [3.8, 4) is 0 Å². The summed E-state index contributed by atoms with van der Waals surface area (Å²) >= 11 is 0. The fraction of sp³-hybridized carbons (Fsp3) is 0.467.